The first-order chi connectivity index (χ1) is 16.2. The number of sulfonamides is 1. The normalized spacial score (nSPS) is 27.7. The quantitative estimate of drug-likeness (QED) is 0.464. The Labute approximate surface area is 200 Å². The number of nitrogens with one attached hydrogen (secondary N) is 1. The molecular weight excluding hydrogens is 450 g/mol. The van der Waals surface area contributed by atoms with Gasteiger partial charge in [0.25, 0.3) is 5.91 Å². The van der Waals surface area contributed by atoms with Gasteiger partial charge in [-0.2, -0.15) is 5.10 Å². The Balaban J connectivity index is 1.29. The van der Waals surface area contributed by atoms with Gasteiger partial charge in [0.05, 0.1) is 18.2 Å². The number of para-hydroxylation sites is 1. The minimum Gasteiger partial charge on any atom is -0.507 e. The van der Waals surface area contributed by atoms with Gasteiger partial charge in [0.2, 0.25) is 10.0 Å². The molecular formula is C26H31N3O4S. The summed E-state index contributed by atoms with van der Waals surface area (Å²) in [5.41, 5.74) is 4.80. The van der Waals surface area contributed by atoms with Crippen LogP contribution in [-0.4, -0.2) is 38.4 Å². The van der Waals surface area contributed by atoms with Crippen LogP contribution in [0.25, 0.3) is 0 Å². The van der Waals surface area contributed by atoms with Crippen molar-refractivity contribution in [1.82, 2.24) is 5.43 Å². The van der Waals surface area contributed by atoms with Crippen molar-refractivity contribution in [2.24, 2.45) is 22.9 Å². The van der Waals surface area contributed by atoms with E-state index in [9.17, 15) is 18.3 Å². The monoisotopic (exact) mass is 481 g/mol. The van der Waals surface area contributed by atoms with Gasteiger partial charge in [0.1, 0.15) is 12.3 Å². The Kier molecular flexibility index (Phi) is 5.88. The molecule has 0 saturated heterocycles. The van der Waals surface area contributed by atoms with Crippen LogP contribution in [-0.2, 0) is 20.2 Å². The van der Waals surface area contributed by atoms with E-state index in [1.54, 1.807) is 18.2 Å². The number of rotatable bonds is 7. The molecule has 4 aliphatic rings. The molecule has 34 heavy (non-hydrogen) atoms. The summed E-state index contributed by atoms with van der Waals surface area (Å²) in [4.78, 5) is 12.5. The highest BCUT2D eigenvalue weighted by Gasteiger charge is 2.51. The highest BCUT2D eigenvalue weighted by Crippen LogP contribution is 2.60. The second-order valence-corrected chi connectivity index (χ2v) is 12.3. The second kappa shape index (κ2) is 8.73. The number of hydrogen-bond acceptors (Lipinski definition) is 5. The molecule has 4 aliphatic carbocycles. The van der Waals surface area contributed by atoms with Gasteiger partial charge in [-0.15, -0.1) is 0 Å². The number of amides is 1. The summed E-state index contributed by atoms with van der Waals surface area (Å²) in [6.45, 7) is -0.381. The molecule has 2 aromatic rings. The van der Waals surface area contributed by atoms with E-state index < -0.39 is 15.9 Å². The molecule has 0 atom stereocenters. The van der Waals surface area contributed by atoms with Crippen molar-refractivity contribution in [2.45, 2.75) is 43.9 Å². The Bertz CT molecular complexity index is 1170. The van der Waals surface area contributed by atoms with Gasteiger partial charge in [-0.25, -0.2) is 13.8 Å². The fraction of sp³-hybridized carbons (Fsp3) is 0.462. The lowest BCUT2D eigenvalue weighted by atomic mass is 9.48. The minimum absolute atomic E-state index is 0.0392. The SMILES string of the molecule is CS(=O)(=O)N(CC(=O)N/N=C\c1ccccc1O)c1ccc(C23CC4CC(CC(C4)C2)C3)cc1. The van der Waals surface area contributed by atoms with Crippen LogP contribution in [0.3, 0.4) is 0 Å². The molecule has 0 radical (unpaired) electrons. The van der Waals surface area contributed by atoms with Crippen LogP contribution in [0.1, 0.15) is 49.7 Å². The number of phenols is 1. The van der Waals surface area contributed by atoms with Gasteiger partial charge >= 0.3 is 0 Å². The van der Waals surface area contributed by atoms with Gasteiger partial charge in [-0.3, -0.25) is 9.10 Å². The van der Waals surface area contributed by atoms with Crippen LogP contribution in [0.4, 0.5) is 5.69 Å². The van der Waals surface area contributed by atoms with Crippen LogP contribution in [0.2, 0.25) is 0 Å². The first-order valence-electron chi connectivity index (χ1n) is 11.9. The molecule has 0 heterocycles. The molecule has 4 bridgehead atoms. The second-order valence-electron chi connectivity index (χ2n) is 10.4. The maximum atomic E-state index is 12.5. The number of nitrogens with zero attached hydrogens (tertiary/aromatic N) is 2. The number of aromatic hydroxyl groups is 1. The van der Waals surface area contributed by atoms with Gasteiger partial charge in [0.15, 0.2) is 0 Å². The molecule has 1 amide bonds. The summed E-state index contributed by atoms with van der Waals surface area (Å²) in [6.07, 6.45) is 10.3. The third-order valence-electron chi connectivity index (χ3n) is 7.82. The van der Waals surface area contributed by atoms with Crippen LogP contribution in [0, 0.1) is 17.8 Å². The first-order valence-corrected chi connectivity index (χ1v) is 13.7. The zero-order valence-corrected chi connectivity index (χ0v) is 20.2. The molecule has 0 unspecified atom stereocenters. The Morgan fingerprint density at radius 3 is 2.21 bits per heavy atom. The van der Waals surface area contributed by atoms with E-state index in [1.807, 2.05) is 12.1 Å². The van der Waals surface area contributed by atoms with Crippen LogP contribution in [0.5, 0.6) is 5.75 Å². The first kappa shape index (κ1) is 22.9. The van der Waals surface area contributed by atoms with E-state index in [0.29, 0.717) is 11.3 Å². The van der Waals surface area contributed by atoms with Crippen molar-refractivity contribution >= 4 is 27.8 Å². The van der Waals surface area contributed by atoms with Crippen molar-refractivity contribution in [3.63, 3.8) is 0 Å². The minimum atomic E-state index is -3.67. The van der Waals surface area contributed by atoms with Gasteiger partial charge < -0.3 is 5.11 Å². The summed E-state index contributed by atoms with van der Waals surface area (Å²) in [6, 6.07) is 14.4. The van der Waals surface area contributed by atoms with E-state index in [0.717, 1.165) is 28.3 Å². The number of anilines is 1. The number of hydrazone groups is 1. The summed E-state index contributed by atoms with van der Waals surface area (Å²) in [7, 11) is -3.67. The van der Waals surface area contributed by atoms with Crippen molar-refractivity contribution in [2.75, 3.05) is 17.1 Å². The largest absolute Gasteiger partial charge is 0.507 e. The van der Waals surface area contributed by atoms with Gasteiger partial charge in [0, 0.05) is 5.56 Å². The highest BCUT2D eigenvalue weighted by atomic mass is 32.2. The standard InChI is InChI=1S/C26H31N3O4S/c1-34(32,33)29(17-25(31)28-27-16-21-4-2-3-5-24(21)30)23-8-6-22(7-9-23)26-13-18-10-19(14-26)12-20(11-18)15-26/h2-9,16,18-20,30H,10-15,17H2,1H3,(H,28,31)/b27-16-. The number of phenolic OH excluding ortho intramolecular Hbond substituents is 1. The zero-order chi connectivity index (χ0) is 23.9. The topological polar surface area (TPSA) is 99.1 Å². The third-order valence-corrected chi connectivity index (χ3v) is 8.96. The lowest BCUT2D eigenvalue weighted by Crippen LogP contribution is -2.48. The number of carbonyl (C=O) groups is 1. The van der Waals surface area contributed by atoms with Crippen molar-refractivity contribution in [1.29, 1.82) is 0 Å². The van der Waals surface area contributed by atoms with Gasteiger partial charge in [-0.05, 0) is 91.5 Å². The zero-order valence-electron chi connectivity index (χ0n) is 19.4. The summed E-state index contributed by atoms with van der Waals surface area (Å²) in [5.74, 6) is 1.97. The lowest BCUT2D eigenvalue weighted by Gasteiger charge is -2.57. The Morgan fingerprint density at radius 1 is 1.06 bits per heavy atom. The summed E-state index contributed by atoms with van der Waals surface area (Å²) < 4.78 is 26.1. The third kappa shape index (κ3) is 4.56. The molecule has 180 valence electrons. The highest BCUT2D eigenvalue weighted by molar-refractivity contribution is 7.92. The van der Waals surface area contributed by atoms with Crippen molar-refractivity contribution < 1.29 is 18.3 Å². The van der Waals surface area contributed by atoms with E-state index in [1.165, 1.54) is 56.4 Å². The fourth-order valence-corrected chi connectivity index (χ4v) is 7.64. The lowest BCUT2D eigenvalue weighted by molar-refractivity contribution is -0.119. The van der Waals surface area contributed by atoms with Crippen LogP contribution >= 0.6 is 0 Å². The average Bonchev–Trinajstić information content (AvgIpc) is 2.77. The molecule has 6 rings (SSSR count). The molecule has 0 aromatic heterocycles. The number of carbonyl (C=O) groups excluding carboxylic acids is 1. The van der Waals surface area contributed by atoms with E-state index in [-0.39, 0.29) is 17.7 Å². The number of benzene rings is 2. The smallest absolute Gasteiger partial charge is 0.260 e. The molecule has 4 saturated carbocycles. The average molecular weight is 482 g/mol. The molecule has 8 heteroatoms. The van der Waals surface area contributed by atoms with E-state index in [2.05, 4.69) is 22.7 Å². The Hall–Kier alpha value is -2.87. The van der Waals surface area contributed by atoms with Crippen molar-refractivity contribution in [3.05, 3.63) is 59.7 Å². The summed E-state index contributed by atoms with van der Waals surface area (Å²) >= 11 is 0. The maximum Gasteiger partial charge on any atom is 0.260 e. The molecule has 4 fully saturated rings. The van der Waals surface area contributed by atoms with E-state index >= 15 is 0 Å². The molecule has 2 N–H and O–H groups in total. The van der Waals surface area contributed by atoms with Gasteiger partial charge in [-0.1, -0.05) is 24.3 Å². The predicted octanol–water partition coefficient (Wildman–Crippen LogP) is 3.78. The predicted molar refractivity (Wildman–Crippen MR) is 132 cm³/mol. The van der Waals surface area contributed by atoms with Crippen LogP contribution < -0.4 is 9.73 Å². The van der Waals surface area contributed by atoms with Crippen molar-refractivity contribution in [3.8, 4) is 5.75 Å². The maximum absolute atomic E-state index is 12.5. The molecule has 2 aromatic carbocycles. The number of hydrogen-bond donors (Lipinski definition) is 2. The molecule has 7 nitrogen and oxygen atoms in total. The van der Waals surface area contributed by atoms with Crippen LogP contribution in [0.15, 0.2) is 53.6 Å². The summed E-state index contributed by atoms with van der Waals surface area (Å²) in [5, 5.41) is 13.6. The molecule has 0 aliphatic heterocycles. The van der Waals surface area contributed by atoms with E-state index in [4.69, 9.17) is 0 Å². The Morgan fingerprint density at radius 2 is 1.65 bits per heavy atom. The molecule has 0 spiro atoms. The fourth-order valence-electron chi connectivity index (χ4n) is 6.78.